The van der Waals surface area contributed by atoms with E-state index in [9.17, 15) is 28.3 Å². The number of hydroxylamine groups is 2. The zero-order chi connectivity index (χ0) is 14.4. The number of pyridine rings is 1. The summed E-state index contributed by atoms with van der Waals surface area (Å²) >= 11 is 0. The number of halogens is 3. The smallest absolute Gasteiger partial charge is 0.371 e. The molecule has 2 N–H and O–H groups in total. The largest absolute Gasteiger partial charge is 0.416 e. The van der Waals surface area contributed by atoms with E-state index in [0.29, 0.717) is 11.0 Å². The average Bonchev–Trinajstić information content (AvgIpc) is 2.53. The number of hydrogen-bond acceptors (Lipinski definition) is 4. The van der Waals surface area contributed by atoms with Crippen LogP contribution in [0, 0.1) is 0 Å². The third-order valence-corrected chi connectivity index (χ3v) is 2.80. The van der Waals surface area contributed by atoms with E-state index in [0.717, 1.165) is 12.3 Å². The van der Waals surface area contributed by atoms with Gasteiger partial charge in [0.15, 0.2) is 6.23 Å². The predicted molar refractivity (Wildman–Crippen MR) is 56.2 cm³/mol. The standard InChI is InChI=1S/C10H10F3N3O3/c1-5-8(17)15(9(18)16(5)19)7-4-6(2-3-14-7)10(11,12)13/h2-5,8,17,19H,1H3. The van der Waals surface area contributed by atoms with Crippen LogP contribution in [0.4, 0.5) is 23.8 Å². The lowest BCUT2D eigenvalue weighted by atomic mass is 10.2. The van der Waals surface area contributed by atoms with Crippen LogP contribution in [0.5, 0.6) is 0 Å². The summed E-state index contributed by atoms with van der Waals surface area (Å²) in [6.45, 7) is 1.34. The lowest BCUT2D eigenvalue weighted by molar-refractivity contribution is -0.137. The van der Waals surface area contributed by atoms with Gasteiger partial charge in [-0.15, -0.1) is 0 Å². The number of aromatic nitrogens is 1. The molecule has 2 amide bonds. The summed E-state index contributed by atoms with van der Waals surface area (Å²) in [6.07, 6.45) is -5.19. The molecule has 19 heavy (non-hydrogen) atoms. The molecule has 1 aromatic heterocycles. The highest BCUT2D eigenvalue weighted by Gasteiger charge is 2.44. The van der Waals surface area contributed by atoms with Gasteiger partial charge in [0.05, 0.1) is 5.56 Å². The Hall–Kier alpha value is -1.87. The first-order valence-corrected chi connectivity index (χ1v) is 5.26. The van der Waals surface area contributed by atoms with Crippen molar-refractivity contribution in [2.24, 2.45) is 0 Å². The Morgan fingerprint density at radius 2 is 2.05 bits per heavy atom. The number of carbonyl (C=O) groups is 1. The van der Waals surface area contributed by atoms with Crippen molar-refractivity contribution in [3.63, 3.8) is 0 Å². The third-order valence-electron chi connectivity index (χ3n) is 2.80. The second-order valence-electron chi connectivity index (χ2n) is 4.05. The van der Waals surface area contributed by atoms with Gasteiger partial charge in [0.1, 0.15) is 11.9 Å². The monoisotopic (exact) mass is 277 g/mol. The number of aliphatic hydroxyl groups is 1. The van der Waals surface area contributed by atoms with Crippen LogP contribution in [0.2, 0.25) is 0 Å². The molecule has 0 radical (unpaired) electrons. The number of amides is 2. The van der Waals surface area contributed by atoms with Gasteiger partial charge in [0.2, 0.25) is 0 Å². The summed E-state index contributed by atoms with van der Waals surface area (Å²) in [7, 11) is 0. The summed E-state index contributed by atoms with van der Waals surface area (Å²) in [4.78, 5) is 15.8. The molecule has 0 bridgehead atoms. The maximum atomic E-state index is 12.5. The van der Waals surface area contributed by atoms with Crippen LogP contribution >= 0.6 is 0 Å². The number of rotatable bonds is 1. The molecule has 1 fully saturated rings. The molecule has 9 heteroatoms. The molecule has 1 aliphatic heterocycles. The zero-order valence-corrected chi connectivity index (χ0v) is 9.66. The first-order chi connectivity index (χ1) is 8.73. The van der Waals surface area contributed by atoms with Gasteiger partial charge < -0.3 is 5.11 Å². The van der Waals surface area contributed by atoms with Crippen molar-refractivity contribution in [2.45, 2.75) is 25.4 Å². The van der Waals surface area contributed by atoms with Gasteiger partial charge in [-0.1, -0.05) is 0 Å². The van der Waals surface area contributed by atoms with Gasteiger partial charge in [-0.05, 0) is 19.1 Å². The van der Waals surface area contributed by atoms with Crippen molar-refractivity contribution in [3.8, 4) is 0 Å². The maximum absolute atomic E-state index is 12.5. The molecule has 0 spiro atoms. The molecule has 0 aromatic carbocycles. The van der Waals surface area contributed by atoms with Gasteiger partial charge in [-0.25, -0.2) is 14.7 Å². The van der Waals surface area contributed by atoms with E-state index in [-0.39, 0.29) is 10.9 Å². The van der Waals surface area contributed by atoms with E-state index in [4.69, 9.17) is 0 Å². The van der Waals surface area contributed by atoms with Crippen LogP contribution in [0.15, 0.2) is 18.3 Å². The quantitative estimate of drug-likeness (QED) is 0.761. The zero-order valence-electron chi connectivity index (χ0n) is 9.66. The molecule has 2 unspecified atom stereocenters. The van der Waals surface area contributed by atoms with E-state index < -0.39 is 30.0 Å². The molecule has 1 aromatic rings. The van der Waals surface area contributed by atoms with Gasteiger partial charge >= 0.3 is 12.2 Å². The molecule has 6 nitrogen and oxygen atoms in total. The summed E-state index contributed by atoms with van der Waals surface area (Å²) in [6, 6.07) is -0.625. The fraction of sp³-hybridized carbons (Fsp3) is 0.400. The van der Waals surface area contributed by atoms with Crippen molar-refractivity contribution >= 4 is 11.8 Å². The van der Waals surface area contributed by atoms with Crippen molar-refractivity contribution in [3.05, 3.63) is 23.9 Å². The predicted octanol–water partition coefficient (Wildman–Crippen LogP) is 1.44. The summed E-state index contributed by atoms with van der Waals surface area (Å²) < 4.78 is 37.6. The molecular weight excluding hydrogens is 267 g/mol. The molecule has 2 heterocycles. The minimum atomic E-state index is -4.59. The molecule has 0 aliphatic carbocycles. The Labute approximate surface area is 105 Å². The van der Waals surface area contributed by atoms with Crippen LogP contribution < -0.4 is 4.90 Å². The maximum Gasteiger partial charge on any atom is 0.416 e. The highest BCUT2D eigenvalue weighted by atomic mass is 19.4. The van der Waals surface area contributed by atoms with Gasteiger partial charge in [0.25, 0.3) is 0 Å². The Kier molecular flexibility index (Phi) is 3.11. The summed E-state index contributed by atoms with van der Waals surface area (Å²) in [5.41, 5.74) is -0.999. The average molecular weight is 277 g/mol. The first-order valence-electron chi connectivity index (χ1n) is 5.26. The topological polar surface area (TPSA) is 76.9 Å². The number of carbonyl (C=O) groups excluding carboxylic acids is 1. The molecule has 1 saturated heterocycles. The number of nitrogens with zero attached hydrogens (tertiary/aromatic N) is 3. The highest BCUT2D eigenvalue weighted by Crippen LogP contribution is 2.32. The van der Waals surface area contributed by atoms with Crippen molar-refractivity contribution in [2.75, 3.05) is 4.90 Å². The van der Waals surface area contributed by atoms with E-state index in [1.54, 1.807) is 0 Å². The minimum absolute atomic E-state index is 0.243. The molecular formula is C10H10F3N3O3. The van der Waals surface area contributed by atoms with Crippen LogP contribution in [0.25, 0.3) is 0 Å². The minimum Gasteiger partial charge on any atom is -0.371 e. The number of anilines is 1. The molecule has 0 saturated carbocycles. The van der Waals surface area contributed by atoms with E-state index in [1.807, 2.05) is 0 Å². The normalized spacial score (nSPS) is 24.2. The molecule has 2 rings (SSSR count). The van der Waals surface area contributed by atoms with Crippen molar-refractivity contribution in [1.29, 1.82) is 0 Å². The lowest BCUT2D eigenvalue weighted by Crippen LogP contribution is -2.36. The number of aliphatic hydroxyl groups excluding tert-OH is 1. The second kappa shape index (κ2) is 4.35. The van der Waals surface area contributed by atoms with Gasteiger partial charge in [-0.2, -0.15) is 18.2 Å². The Bertz CT molecular complexity index is 508. The number of urea groups is 1. The fourth-order valence-corrected chi connectivity index (χ4v) is 1.70. The van der Waals surface area contributed by atoms with E-state index in [1.165, 1.54) is 6.92 Å². The van der Waals surface area contributed by atoms with E-state index >= 15 is 0 Å². The lowest BCUT2D eigenvalue weighted by Gasteiger charge is -2.19. The second-order valence-corrected chi connectivity index (χ2v) is 4.05. The van der Waals surface area contributed by atoms with Crippen LogP contribution in [0.1, 0.15) is 12.5 Å². The third kappa shape index (κ3) is 2.22. The fourth-order valence-electron chi connectivity index (χ4n) is 1.70. The Morgan fingerprint density at radius 3 is 2.53 bits per heavy atom. The van der Waals surface area contributed by atoms with Crippen LogP contribution in [-0.4, -0.2) is 38.7 Å². The van der Waals surface area contributed by atoms with Crippen molar-refractivity contribution in [1.82, 2.24) is 10.0 Å². The highest BCUT2D eigenvalue weighted by molar-refractivity contribution is 5.93. The SMILES string of the molecule is CC1C(O)N(c2cc(C(F)(F)F)ccn2)C(=O)N1O. The summed E-state index contributed by atoms with van der Waals surface area (Å²) in [5, 5.41) is 19.3. The van der Waals surface area contributed by atoms with Crippen molar-refractivity contribution < 1.29 is 28.3 Å². The van der Waals surface area contributed by atoms with E-state index in [2.05, 4.69) is 4.98 Å². The van der Waals surface area contributed by atoms with Crippen LogP contribution in [0.3, 0.4) is 0 Å². The molecule has 104 valence electrons. The van der Waals surface area contributed by atoms with Gasteiger partial charge in [-0.3, -0.25) is 5.21 Å². The Morgan fingerprint density at radius 1 is 1.42 bits per heavy atom. The summed E-state index contributed by atoms with van der Waals surface area (Å²) in [5.74, 6) is -0.379. The Balaban J connectivity index is 2.40. The number of hydrogen-bond donors (Lipinski definition) is 2. The molecule has 2 atom stereocenters. The number of alkyl halides is 3. The first kappa shape index (κ1) is 13.6. The molecule has 1 aliphatic rings. The van der Waals surface area contributed by atoms with Gasteiger partial charge in [0, 0.05) is 6.20 Å². The van der Waals surface area contributed by atoms with Crippen LogP contribution in [-0.2, 0) is 6.18 Å².